The topological polar surface area (TPSA) is 79.7 Å². The highest BCUT2D eigenvalue weighted by Gasteiger charge is 2.59. The van der Waals surface area contributed by atoms with Crippen LogP contribution in [-0.4, -0.2) is 27.3 Å². The number of hydrogen-bond donors (Lipinski definition) is 2. The van der Waals surface area contributed by atoms with E-state index in [2.05, 4.69) is 4.98 Å². The van der Waals surface area contributed by atoms with Gasteiger partial charge in [-0.15, -0.1) is 0 Å². The zero-order valence-corrected chi connectivity index (χ0v) is 18.6. The van der Waals surface area contributed by atoms with E-state index in [0.717, 1.165) is 18.3 Å². The minimum atomic E-state index is -5.03. The Morgan fingerprint density at radius 2 is 1.76 bits per heavy atom. The fourth-order valence-corrected chi connectivity index (χ4v) is 3.89. The van der Waals surface area contributed by atoms with Gasteiger partial charge in [0.25, 0.3) is 0 Å². The van der Waals surface area contributed by atoms with Crippen LogP contribution in [0.1, 0.15) is 39.9 Å². The molecule has 174 valence electrons. The Bertz CT molecular complexity index is 1160. The van der Waals surface area contributed by atoms with Gasteiger partial charge in [-0.1, -0.05) is 48.3 Å². The van der Waals surface area contributed by atoms with Crippen molar-refractivity contribution < 1.29 is 32.9 Å². The number of aliphatic hydroxyl groups is 1. The number of halogens is 5. The Labute approximate surface area is 197 Å². The monoisotopic (exact) mass is 499 g/mol. The SMILES string of the molecule is CC(c1ccc(OCc2ccc(C(=O)O)cc2)cc1Cl)C(O)(c1ccnc(Cl)c1)C(F)(F)F. The Morgan fingerprint density at radius 3 is 2.30 bits per heavy atom. The zero-order valence-electron chi connectivity index (χ0n) is 17.1. The molecule has 0 saturated heterocycles. The quantitative estimate of drug-likeness (QED) is 0.377. The lowest BCUT2D eigenvalue weighted by Gasteiger charge is -2.37. The molecule has 3 aromatic rings. The molecule has 1 heterocycles. The van der Waals surface area contributed by atoms with Crippen molar-refractivity contribution in [3.63, 3.8) is 0 Å². The number of ether oxygens (including phenoxy) is 1. The summed E-state index contributed by atoms with van der Waals surface area (Å²) in [7, 11) is 0. The number of aromatic carboxylic acids is 1. The Morgan fingerprint density at radius 1 is 1.09 bits per heavy atom. The maximum Gasteiger partial charge on any atom is 0.422 e. The molecule has 2 N–H and O–H groups in total. The van der Waals surface area contributed by atoms with Crippen molar-refractivity contribution >= 4 is 29.2 Å². The van der Waals surface area contributed by atoms with Crippen LogP contribution in [-0.2, 0) is 12.2 Å². The van der Waals surface area contributed by atoms with E-state index in [1.165, 1.54) is 37.3 Å². The number of nitrogens with zero attached hydrogens (tertiary/aromatic N) is 1. The van der Waals surface area contributed by atoms with Crippen LogP contribution >= 0.6 is 23.2 Å². The highest BCUT2D eigenvalue weighted by atomic mass is 35.5. The zero-order chi connectivity index (χ0) is 24.4. The third-order valence-electron chi connectivity index (χ3n) is 5.27. The molecule has 0 fully saturated rings. The number of carbonyl (C=O) groups is 1. The second kappa shape index (κ2) is 9.59. The second-order valence-corrected chi connectivity index (χ2v) is 8.12. The highest BCUT2D eigenvalue weighted by molar-refractivity contribution is 6.31. The second-order valence-electron chi connectivity index (χ2n) is 7.33. The third-order valence-corrected chi connectivity index (χ3v) is 5.80. The van der Waals surface area contributed by atoms with Crippen molar-refractivity contribution in [2.24, 2.45) is 0 Å². The van der Waals surface area contributed by atoms with E-state index in [1.807, 2.05) is 0 Å². The molecule has 10 heteroatoms. The predicted octanol–water partition coefficient (Wildman–Crippen LogP) is 6.22. The summed E-state index contributed by atoms with van der Waals surface area (Å²) in [5.74, 6) is -2.24. The summed E-state index contributed by atoms with van der Waals surface area (Å²) < 4.78 is 47.7. The summed E-state index contributed by atoms with van der Waals surface area (Å²) in [6, 6.07) is 12.2. The first kappa shape index (κ1) is 24.8. The van der Waals surface area contributed by atoms with Crippen molar-refractivity contribution in [2.45, 2.75) is 31.2 Å². The lowest BCUT2D eigenvalue weighted by atomic mass is 9.78. The molecule has 2 unspecified atom stereocenters. The molecular formula is C23H18Cl2F3NO4. The minimum Gasteiger partial charge on any atom is -0.489 e. The van der Waals surface area contributed by atoms with E-state index >= 15 is 0 Å². The lowest BCUT2D eigenvalue weighted by molar-refractivity contribution is -0.274. The summed E-state index contributed by atoms with van der Waals surface area (Å²) in [6.07, 6.45) is -3.94. The van der Waals surface area contributed by atoms with Gasteiger partial charge in [-0.3, -0.25) is 0 Å². The fourth-order valence-electron chi connectivity index (χ4n) is 3.38. The number of pyridine rings is 1. The summed E-state index contributed by atoms with van der Waals surface area (Å²) in [4.78, 5) is 14.6. The van der Waals surface area contributed by atoms with Gasteiger partial charge < -0.3 is 14.9 Å². The van der Waals surface area contributed by atoms with Crippen LogP contribution in [0, 0.1) is 0 Å². The summed E-state index contributed by atoms with van der Waals surface area (Å²) in [5, 5.41) is 19.6. The lowest BCUT2D eigenvalue weighted by Crippen LogP contribution is -2.46. The molecule has 0 amide bonds. The number of alkyl halides is 3. The van der Waals surface area contributed by atoms with Crippen LogP contribution in [0.4, 0.5) is 13.2 Å². The van der Waals surface area contributed by atoms with Crippen LogP contribution in [0.5, 0.6) is 5.75 Å². The number of carboxylic acid groups (broad SMARTS) is 1. The van der Waals surface area contributed by atoms with E-state index in [4.69, 9.17) is 33.0 Å². The van der Waals surface area contributed by atoms with Crippen LogP contribution in [0.15, 0.2) is 60.8 Å². The normalized spacial score (nSPS) is 14.4. The van der Waals surface area contributed by atoms with E-state index < -0.39 is 29.2 Å². The summed E-state index contributed by atoms with van der Waals surface area (Å²) in [5.41, 5.74) is -2.84. The average molecular weight is 500 g/mol. The number of rotatable bonds is 7. The predicted molar refractivity (Wildman–Crippen MR) is 117 cm³/mol. The average Bonchev–Trinajstić information content (AvgIpc) is 2.76. The van der Waals surface area contributed by atoms with E-state index in [0.29, 0.717) is 11.3 Å². The molecule has 5 nitrogen and oxygen atoms in total. The van der Waals surface area contributed by atoms with Crippen LogP contribution in [0.3, 0.4) is 0 Å². The van der Waals surface area contributed by atoms with Crippen molar-refractivity contribution in [3.05, 3.63) is 93.2 Å². The molecule has 33 heavy (non-hydrogen) atoms. The fraction of sp³-hybridized carbons (Fsp3) is 0.217. The van der Waals surface area contributed by atoms with Crippen molar-refractivity contribution in [1.82, 2.24) is 4.98 Å². The Balaban J connectivity index is 1.84. The maximum atomic E-state index is 14.0. The molecular weight excluding hydrogens is 482 g/mol. The molecule has 0 aliphatic rings. The molecule has 0 bridgehead atoms. The molecule has 2 aromatic carbocycles. The number of aromatic nitrogens is 1. The van der Waals surface area contributed by atoms with E-state index in [-0.39, 0.29) is 27.9 Å². The molecule has 0 aliphatic carbocycles. The molecule has 3 rings (SSSR count). The Hall–Kier alpha value is -2.81. The maximum absolute atomic E-state index is 14.0. The van der Waals surface area contributed by atoms with Crippen LogP contribution in [0.2, 0.25) is 10.2 Å². The largest absolute Gasteiger partial charge is 0.489 e. The minimum absolute atomic E-state index is 0.0240. The van der Waals surface area contributed by atoms with Crippen molar-refractivity contribution in [3.8, 4) is 5.75 Å². The van der Waals surface area contributed by atoms with Gasteiger partial charge >= 0.3 is 12.1 Å². The van der Waals surface area contributed by atoms with Gasteiger partial charge in [-0.05, 0) is 53.1 Å². The van der Waals surface area contributed by atoms with E-state index in [1.54, 1.807) is 12.1 Å². The first-order valence-corrected chi connectivity index (χ1v) is 10.3. The molecule has 0 saturated carbocycles. The standard InChI is InChI=1S/C23H18Cl2F3NO4/c1-13(22(32,23(26,27)28)16-8-9-29-20(25)10-16)18-7-6-17(11-19(18)24)33-12-14-2-4-15(5-3-14)21(30)31/h2-11,13,32H,12H2,1H3,(H,30,31). The third kappa shape index (κ3) is 5.24. The molecule has 2 atom stereocenters. The Kier molecular flexibility index (Phi) is 7.21. The van der Waals surface area contributed by atoms with Gasteiger partial charge in [-0.25, -0.2) is 9.78 Å². The molecule has 0 spiro atoms. The van der Waals surface area contributed by atoms with Gasteiger partial charge in [0.15, 0.2) is 5.60 Å². The number of benzene rings is 2. The smallest absolute Gasteiger partial charge is 0.422 e. The molecule has 1 aromatic heterocycles. The van der Waals surface area contributed by atoms with Crippen LogP contribution in [0.25, 0.3) is 0 Å². The number of carboxylic acids is 1. The molecule has 0 radical (unpaired) electrons. The van der Waals surface area contributed by atoms with Crippen molar-refractivity contribution in [1.29, 1.82) is 0 Å². The van der Waals surface area contributed by atoms with Crippen molar-refractivity contribution in [2.75, 3.05) is 0 Å². The van der Waals surface area contributed by atoms with Gasteiger partial charge in [0.05, 0.1) is 5.56 Å². The number of hydrogen-bond acceptors (Lipinski definition) is 4. The first-order chi connectivity index (χ1) is 15.4. The van der Waals surface area contributed by atoms with Crippen LogP contribution < -0.4 is 4.74 Å². The highest BCUT2D eigenvalue weighted by Crippen LogP contribution is 2.50. The van der Waals surface area contributed by atoms with Gasteiger partial charge in [-0.2, -0.15) is 13.2 Å². The van der Waals surface area contributed by atoms with Gasteiger partial charge in [0, 0.05) is 17.1 Å². The first-order valence-electron chi connectivity index (χ1n) is 9.59. The van der Waals surface area contributed by atoms with E-state index in [9.17, 15) is 23.1 Å². The summed E-state index contributed by atoms with van der Waals surface area (Å²) in [6.45, 7) is 1.31. The summed E-state index contributed by atoms with van der Waals surface area (Å²) >= 11 is 12.0. The van der Waals surface area contributed by atoms with Gasteiger partial charge in [0.1, 0.15) is 17.5 Å². The molecule has 0 aliphatic heterocycles. The van der Waals surface area contributed by atoms with Gasteiger partial charge in [0.2, 0.25) is 0 Å².